The van der Waals surface area contributed by atoms with Crippen LogP contribution in [0.25, 0.3) is 0 Å². The van der Waals surface area contributed by atoms with Crippen LogP contribution in [0.5, 0.6) is 5.75 Å². The van der Waals surface area contributed by atoms with Gasteiger partial charge in [0.1, 0.15) is 5.75 Å². The lowest BCUT2D eigenvalue weighted by molar-refractivity contribution is 0.409. The van der Waals surface area contributed by atoms with Gasteiger partial charge in [0.05, 0.1) is 12.0 Å². The van der Waals surface area contributed by atoms with Gasteiger partial charge in [-0.2, -0.15) is 0 Å². The first-order valence-corrected chi connectivity index (χ1v) is 5.60. The van der Waals surface area contributed by atoms with Gasteiger partial charge in [-0.25, -0.2) is 0 Å². The van der Waals surface area contributed by atoms with E-state index in [0.717, 1.165) is 18.7 Å². The van der Waals surface area contributed by atoms with E-state index >= 15 is 0 Å². The Bertz CT molecular complexity index is 283. The van der Waals surface area contributed by atoms with Gasteiger partial charge in [-0.15, -0.1) is 17.9 Å². The molecule has 78 valence electrons. The van der Waals surface area contributed by atoms with Crippen molar-refractivity contribution in [2.24, 2.45) is 0 Å². The van der Waals surface area contributed by atoms with E-state index in [1.807, 2.05) is 17.5 Å². The minimum absolute atomic E-state index is 0.472. The molecule has 1 atom stereocenters. The van der Waals surface area contributed by atoms with Gasteiger partial charge in [0.25, 0.3) is 0 Å². The van der Waals surface area contributed by atoms with Crippen LogP contribution in [0.15, 0.2) is 24.1 Å². The molecule has 14 heavy (non-hydrogen) atoms. The molecule has 1 N–H and O–H groups in total. The van der Waals surface area contributed by atoms with E-state index in [4.69, 9.17) is 4.74 Å². The normalized spacial score (nSPS) is 12.4. The molecular formula is C11H17NOS. The van der Waals surface area contributed by atoms with Crippen LogP contribution in [0.4, 0.5) is 0 Å². The molecule has 0 spiro atoms. The lowest BCUT2D eigenvalue weighted by atomic mass is 10.2. The number of nitrogens with one attached hydrogen (secondary N) is 1. The fourth-order valence-electron chi connectivity index (χ4n) is 1.24. The van der Waals surface area contributed by atoms with Crippen molar-refractivity contribution >= 4 is 11.3 Å². The maximum absolute atomic E-state index is 5.23. The molecule has 2 nitrogen and oxygen atoms in total. The molecule has 0 aliphatic rings. The van der Waals surface area contributed by atoms with Gasteiger partial charge in [0.15, 0.2) is 0 Å². The molecule has 1 heterocycles. The van der Waals surface area contributed by atoms with Crippen molar-refractivity contribution in [3.05, 3.63) is 29.0 Å². The van der Waals surface area contributed by atoms with Crippen LogP contribution < -0.4 is 10.1 Å². The van der Waals surface area contributed by atoms with Crippen LogP contribution in [0, 0.1) is 0 Å². The zero-order chi connectivity index (χ0) is 10.4. The van der Waals surface area contributed by atoms with Crippen LogP contribution in [-0.2, 0) is 6.54 Å². The summed E-state index contributed by atoms with van der Waals surface area (Å²) in [5.74, 6) is 0.980. The van der Waals surface area contributed by atoms with E-state index < -0.39 is 0 Å². The Morgan fingerprint density at radius 2 is 2.50 bits per heavy atom. The summed E-state index contributed by atoms with van der Waals surface area (Å²) in [5, 5.41) is 5.47. The van der Waals surface area contributed by atoms with Crippen molar-refractivity contribution in [2.45, 2.75) is 25.9 Å². The van der Waals surface area contributed by atoms with E-state index in [-0.39, 0.29) is 0 Å². The molecule has 0 saturated heterocycles. The van der Waals surface area contributed by atoms with Gasteiger partial charge in [0.2, 0.25) is 0 Å². The molecule has 0 aliphatic carbocycles. The highest BCUT2D eigenvalue weighted by Gasteiger charge is 2.05. The quantitative estimate of drug-likeness (QED) is 0.731. The second kappa shape index (κ2) is 5.83. The second-order valence-corrected chi connectivity index (χ2v) is 4.22. The molecule has 3 heteroatoms. The second-order valence-electron chi connectivity index (χ2n) is 3.22. The standard InChI is InChI=1S/C11H17NOS/c1-4-5-9(2)12-8-11-10(13-3)6-7-14-11/h4,6-7,9,12H,1,5,8H2,2-3H3. The maximum atomic E-state index is 5.23. The summed E-state index contributed by atoms with van der Waals surface area (Å²) in [6.07, 6.45) is 2.93. The van der Waals surface area contributed by atoms with E-state index in [1.54, 1.807) is 18.4 Å². The first-order valence-electron chi connectivity index (χ1n) is 4.72. The predicted octanol–water partition coefficient (Wildman–Crippen LogP) is 2.81. The van der Waals surface area contributed by atoms with Crippen molar-refractivity contribution in [1.82, 2.24) is 5.32 Å². The van der Waals surface area contributed by atoms with E-state index in [1.165, 1.54) is 4.88 Å². The zero-order valence-corrected chi connectivity index (χ0v) is 9.56. The third-order valence-electron chi connectivity index (χ3n) is 2.06. The molecule has 0 fully saturated rings. The number of hydrogen-bond acceptors (Lipinski definition) is 3. The third-order valence-corrected chi connectivity index (χ3v) is 2.96. The Labute approximate surface area is 89.6 Å². The molecule has 1 rings (SSSR count). The summed E-state index contributed by atoms with van der Waals surface area (Å²) < 4.78 is 5.23. The van der Waals surface area contributed by atoms with Crippen molar-refractivity contribution in [2.75, 3.05) is 7.11 Å². The molecule has 0 radical (unpaired) electrons. The van der Waals surface area contributed by atoms with Crippen molar-refractivity contribution < 1.29 is 4.74 Å². The third kappa shape index (κ3) is 3.16. The summed E-state index contributed by atoms with van der Waals surface area (Å²) in [6.45, 7) is 6.74. The average Bonchev–Trinajstić information content (AvgIpc) is 2.62. The van der Waals surface area contributed by atoms with Crippen LogP contribution in [0.2, 0.25) is 0 Å². The Hall–Kier alpha value is -0.800. The zero-order valence-electron chi connectivity index (χ0n) is 8.75. The summed E-state index contributed by atoms with van der Waals surface area (Å²) in [6, 6.07) is 2.47. The average molecular weight is 211 g/mol. The molecule has 0 bridgehead atoms. The highest BCUT2D eigenvalue weighted by atomic mass is 32.1. The monoisotopic (exact) mass is 211 g/mol. The number of thiophene rings is 1. The van der Waals surface area contributed by atoms with Crippen LogP contribution >= 0.6 is 11.3 Å². The molecule has 0 saturated carbocycles. The molecule has 1 unspecified atom stereocenters. The molecule has 1 aromatic heterocycles. The summed E-state index contributed by atoms with van der Waals surface area (Å²) in [4.78, 5) is 1.25. The lowest BCUT2D eigenvalue weighted by Crippen LogP contribution is -2.24. The Morgan fingerprint density at radius 3 is 3.14 bits per heavy atom. The minimum atomic E-state index is 0.472. The number of methoxy groups -OCH3 is 1. The largest absolute Gasteiger partial charge is 0.496 e. The fourth-order valence-corrected chi connectivity index (χ4v) is 2.03. The first kappa shape index (κ1) is 11.3. The first-order chi connectivity index (χ1) is 6.77. The highest BCUT2D eigenvalue weighted by molar-refractivity contribution is 7.10. The van der Waals surface area contributed by atoms with E-state index in [0.29, 0.717) is 6.04 Å². The molecule has 1 aromatic rings. The minimum Gasteiger partial charge on any atom is -0.496 e. The molecule has 0 aliphatic heterocycles. The van der Waals surface area contributed by atoms with E-state index in [9.17, 15) is 0 Å². The molecular weight excluding hydrogens is 194 g/mol. The van der Waals surface area contributed by atoms with Gasteiger partial charge < -0.3 is 10.1 Å². The number of rotatable bonds is 6. The number of ether oxygens (including phenoxy) is 1. The van der Waals surface area contributed by atoms with Gasteiger partial charge in [0, 0.05) is 12.6 Å². The SMILES string of the molecule is C=CCC(C)NCc1sccc1OC. The van der Waals surface area contributed by atoms with Crippen molar-refractivity contribution in [3.63, 3.8) is 0 Å². The van der Waals surface area contributed by atoms with Crippen LogP contribution in [0.1, 0.15) is 18.2 Å². The highest BCUT2D eigenvalue weighted by Crippen LogP contribution is 2.24. The van der Waals surface area contributed by atoms with Crippen molar-refractivity contribution in [1.29, 1.82) is 0 Å². The Balaban J connectivity index is 2.40. The summed E-state index contributed by atoms with van der Waals surface area (Å²) in [5.41, 5.74) is 0. The lowest BCUT2D eigenvalue weighted by Gasteiger charge is -2.11. The maximum Gasteiger partial charge on any atom is 0.134 e. The Kier molecular flexibility index (Phi) is 4.70. The van der Waals surface area contributed by atoms with Gasteiger partial charge >= 0.3 is 0 Å². The molecule has 0 aromatic carbocycles. The fraction of sp³-hybridized carbons (Fsp3) is 0.455. The summed E-state index contributed by atoms with van der Waals surface area (Å²) >= 11 is 1.72. The Morgan fingerprint density at radius 1 is 1.71 bits per heavy atom. The molecule has 0 amide bonds. The number of hydrogen-bond donors (Lipinski definition) is 1. The summed E-state index contributed by atoms with van der Waals surface area (Å²) in [7, 11) is 1.71. The van der Waals surface area contributed by atoms with Crippen LogP contribution in [0.3, 0.4) is 0 Å². The van der Waals surface area contributed by atoms with E-state index in [2.05, 4.69) is 18.8 Å². The van der Waals surface area contributed by atoms with Gasteiger partial charge in [-0.3, -0.25) is 0 Å². The van der Waals surface area contributed by atoms with Gasteiger partial charge in [-0.05, 0) is 24.8 Å². The van der Waals surface area contributed by atoms with Crippen molar-refractivity contribution in [3.8, 4) is 5.75 Å². The topological polar surface area (TPSA) is 21.3 Å². The predicted molar refractivity (Wildman–Crippen MR) is 62.0 cm³/mol. The van der Waals surface area contributed by atoms with Crippen LogP contribution in [-0.4, -0.2) is 13.2 Å². The van der Waals surface area contributed by atoms with Gasteiger partial charge in [-0.1, -0.05) is 6.08 Å². The smallest absolute Gasteiger partial charge is 0.134 e.